The lowest BCUT2D eigenvalue weighted by Gasteiger charge is -2.34. The van der Waals surface area contributed by atoms with E-state index in [-0.39, 0.29) is 24.4 Å². The van der Waals surface area contributed by atoms with Crippen LogP contribution in [-0.4, -0.2) is 46.8 Å². The Bertz CT molecular complexity index is 744. The van der Waals surface area contributed by atoms with Crippen molar-refractivity contribution in [3.05, 3.63) is 35.4 Å². The number of nitrogens with one attached hydrogen (secondary N) is 1. The van der Waals surface area contributed by atoms with E-state index in [4.69, 9.17) is 0 Å². The first-order valence-electron chi connectivity index (χ1n) is 9.78. The van der Waals surface area contributed by atoms with Crippen molar-refractivity contribution in [1.29, 1.82) is 0 Å². The summed E-state index contributed by atoms with van der Waals surface area (Å²) in [5.74, 6) is -0.144. The molecule has 2 aliphatic rings. The predicted molar refractivity (Wildman–Crippen MR) is 103 cm³/mol. The average molecular weight is 371 g/mol. The lowest BCUT2D eigenvalue weighted by molar-refractivity contribution is -0.140. The van der Waals surface area contributed by atoms with Crippen LogP contribution in [0.2, 0.25) is 0 Å². The number of likely N-dealkylation sites (tertiary alicyclic amines) is 1. The number of hydrogen-bond donors (Lipinski definition) is 1. The minimum Gasteiger partial charge on any atom is -0.338 e. The van der Waals surface area contributed by atoms with E-state index < -0.39 is 11.6 Å². The van der Waals surface area contributed by atoms with Crippen molar-refractivity contribution in [2.45, 2.75) is 64.5 Å². The van der Waals surface area contributed by atoms with Crippen LogP contribution in [0.4, 0.5) is 4.79 Å². The van der Waals surface area contributed by atoms with Gasteiger partial charge in [0.1, 0.15) is 12.1 Å². The molecule has 0 radical (unpaired) electrons. The average Bonchev–Trinajstić information content (AvgIpc) is 2.86. The third-order valence-electron chi connectivity index (χ3n) is 5.85. The van der Waals surface area contributed by atoms with E-state index in [1.54, 1.807) is 11.8 Å². The summed E-state index contributed by atoms with van der Waals surface area (Å²) in [6.07, 6.45) is 3.04. The first-order valence-corrected chi connectivity index (χ1v) is 9.78. The molecule has 146 valence electrons. The van der Waals surface area contributed by atoms with Crippen LogP contribution in [0.15, 0.2) is 24.3 Å². The molecule has 2 saturated heterocycles. The van der Waals surface area contributed by atoms with E-state index in [1.807, 2.05) is 31.2 Å². The molecule has 2 heterocycles. The number of hydrogen-bond acceptors (Lipinski definition) is 3. The second-order valence-electron chi connectivity index (χ2n) is 8.16. The van der Waals surface area contributed by atoms with E-state index in [9.17, 15) is 14.4 Å². The molecule has 27 heavy (non-hydrogen) atoms. The Morgan fingerprint density at radius 2 is 1.89 bits per heavy atom. The zero-order chi connectivity index (χ0) is 19.8. The molecule has 0 aliphatic carbocycles. The van der Waals surface area contributed by atoms with Crippen LogP contribution in [0.25, 0.3) is 0 Å². The molecule has 2 fully saturated rings. The normalized spacial score (nSPS) is 25.9. The summed E-state index contributed by atoms with van der Waals surface area (Å²) in [6, 6.07) is 7.37. The molecule has 3 rings (SSSR count). The fourth-order valence-electron chi connectivity index (χ4n) is 3.93. The zero-order valence-electron chi connectivity index (χ0n) is 16.6. The minimum absolute atomic E-state index is 0.155. The molecular weight excluding hydrogens is 342 g/mol. The highest BCUT2D eigenvalue weighted by Gasteiger charge is 2.49. The van der Waals surface area contributed by atoms with Gasteiger partial charge in [0.15, 0.2) is 0 Å². The third-order valence-corrected chi connectivity index (χ3v) is 5.85. The van der Waals surface area contributed by atoms with E-state index in [1.165, 1.54) is 5.56 Å². The molecule has 6 heteroatoms. The van der Waals surface area contributed by atoms with E-state index in [0.29, 0.717) is 12.5 Å². The molecule has 0 saturated carbocycles. The van der Waals surface area contributed by atoms with Crippen LogP contribution in [0.3, 0.4) is 0 Å². The highest BCUT2D eigenvalue weighted by atomic mass is 16.2. The van der Waals surface area contributed by atoms with Crippen LogP contribution in [0, 0.1) is 0 Å². The maximum absolute atomic E-state index is 13.0. The van der Waals surface area contributed by atoms with Crippen LogP contribution in [0.1, 0.15) is 64.0 Å². The second kappa shape index (κ2) is 7.33. The topological polar surface area (TPSA) is 69.7 Å². The van der Waals surface area contributed by atoms with Gasteiger partial charge in [-0.1, -0.05) is 38.1 Å². The fourth-order valence-corrected chi connectivity index (χ4v) is 3.93. The number of benzene rings is 1. The third kappa shape index (κ3) is 3.57. The van der Waals surface area contributed by atoms with Crippen molar-refractivity contribution in [3.8, 4) is 0 Å². The van der Waals surface area contributed by atoms with Crippen LogP contribution in [-0.2, 0) is 15.1 Å². The maximum Gasteiger partial charge on any atom is 0.325 e. The molecular formula is C21H29N3O3. The number of rotatable bonds is 4. The highest BCUT2D eigenvalue weighted by Crippen LogP contribution is 2.30. The molecule has 0 bridgehead atoms. The van der Waals surface area contributed by atoms with Crippen LogP contribution >= 0.6 is 0 Å². The first-order chi connectivity index (χ1) is 12.7. The number of carbonyl (C=O) groups excluding carboxylic acids is 3. The zero-order valence-corrected chi connectivity index (χ0v) is 16.6. The van der Waals surface area contributed by atoms with Gasteiger partial charge in [0.25, 0.3) is 5.91 Å². The number of imide groups is 1. The number of nitrogens with zero attached hydrogens (tertiary/aromatic N) is 2. The molecule has 4 amide bonds. The van der Waals surface area contributed by atoms with Crippen molar-refractivity contribution in [1.82, 2.24) is 15.1 Å². The monoisotopic (exact) mass is 371 g/mol. The van der Waals surface area contributed by atoms with E-state index >= 15 is 0 Å². The number of piperidine rings is 1. The van der Waals surface area contributed by atoms with Crippen molar-refractivity contribution in [3.63, 3.8) is 0 Å². The van der Waals surface area contributed by atoms with Gasteiger partial charge in [-0.2, -0.15) is 0 Å². The first kappa shape index (κ1) is 19.4. The molecule has 6 nitrogen and oxygen atoms in total. The van der Waals surface area contributed by atoms with Gasteiger partial charge in [-0.15, -0.1) is 0 Å². The summed E-state index contributed by atoms with van der Waals surface area (Å²) < 4.78 is 0. The molecule has 1 aromatic rings. The number of carbonyl (C=O) groups is 3. The largest absolute Gasteiger partial charge is 0.338 e. The summed E-state index contributed by atoms with van der Waals surface area (Å²) in [4.78, 5) is 41.0. The van der Waals surface area contributed by atoms with Gasteiger partial charge < -0.3 is 10.2 Å². The Labute approximate surface area is 160 Å². The molecule has 2 aliphatic heterocycles. The molecule has 0 aromatic heterocycles. The molecule has 2 atom stereocenters. The molecule has 0 spiro atoms. The van der Waals surface area contributed by atoms with Crippen molar-refractivity contribution >= 4 is 17.8 Å². The van der Waals surface area contributed by atoms with Gasteiger partial charge in [0.2, 0.25) is 5.91 Å². The second-order valence-corrected chi connectivity index (χ2v) is 8.16. The smallest absolute Gasteiger partial charge is 0.325 e. The molecule has 1 aromatic carbocycles. The predicted octanol–water partition coefficient (Wildman–Crippen LogP) is 2.98. The Morgan fingerprint density at radius 1 is 1.22 bits per heavy atom. The summed E-state index contributed by atoms with van der Waals surface area (Å²) in [5.41, 5.74) is 0.761. The van der Waals surface area contributed by atoms with Gasteiger partial charge in [0, 0.05) is 12.6 Å². The van der Waals surface area contributed by atoms with Crippen molar-refractivity contribution in [2.24, 2.45) is 0 Å². The highest BCUT2D eigenvalue weighted by molar-refractivity contribution is 6.09. The lowest BCUT2D eigenvalue weighted by atomic mass is 9.90. The quantitative estimate of drug-likeness (QED) is 0.827. The van der Waals surface area contributed by atoms with Crippen molar-refractivity contribution < 1.29 is 14.4 Å². The van der Waals surface area contributed by atoms with E-state index in [0.717, 1.165) is 29.7 Å². The van der Waals surface area contributed by atoms with Gasteiger partial charge in [-0.3, -0.25) is 14.5 Å². The van der Waals surface area contributed by atoms with Gasteiger partial charge in [-0.05, 0) is 50.2 Å². The summed E-state index contributed by atoms with van der Waals surface area (Å²) in [6.45, 7) is 8.42. The van der Waals surface area contributed by atoms with Gasteiger partial charge in [-0.25, -0.2) is 4.79 Å². The van der Waals surface area contributed by atoms with Gasteiger partial charge in [0.05, 0.1) is 0 Å². The molecule has 1 N–H and O–H groups in total. The standard InChI is InChI=1S/C21H29N3O3/c1-14(2)16-8-10-17(11-9-16)21(4)19(26)24(20(27)22-21)13-18(25)23-12-6-5-7-15(23)3/h8-11,14-15H,5-7,12-13H2,1-4H3,(H,22,27)/t15-,21-/m0/s1. The summed E-state index contributed by atoms with van der Waals surface area (Å²) in [5, 5.41) is 2.78. The Morgan fingerprint density at radius 3 is 2.48 bits per heavy atom. The van der Waals surface area contributed by atoms with Gasteiger partial charge >= 0.3 is 6.03 Å². The SMILES string of the molecule is CC(C)c1ccc([C@]2(C)NC(=O)N(CC(=O)N3CCCC[C@@H]3C)C2=O)cc1. The summed E-state index contributed by atoms with van der Waals surface area (Å²) >= 11 is 0. The lowest BCUT2D eigenvalue weighted by Crippen LogP contribution is -2.48. The fraction of sp³-hybridized carbons (Fsp3) is 0.571. The maximum atomic E-state index is 13.0. The molecule has 0 unspecified atom stereocenters. The summed E-state index contributed by atoms with van der Waals surface area (Å²) in [7, 11) is 0. The van der Waals surface area contributed by atoms with E-state index in [2.05, 4.69) is 19.2 Å². The minimum atomic E-state index is -1.14. The van der Waals surface area contributed by atoms with Crippen LogP contribution < -0.4 is 5.32 Å². The Balaban J connectivity index is 1.76. The number of urea groups is 1. The Hall–Kier alpha value is -2.37. The van der Waals surface area contributed by atoms with Crippen LogP contribution in [0.5, 0.6) is 0 Å². The number of amides is 4. The Kier molecular flexibility index (Phi) is 5.27. The van der Waals surface area contributed by atoms with Crippen molar-refractivity contribution in [2.75, 3.05) is 13.1 Å².